The van der Waals surface area contributed by atoms with Crippen LogP contribution in [0.4, 0.5) is 0 Å². The molecule has 1 aromatic rings. The molecule has 3 heteroatoms. The largest absolute Gasteiger partial charge is 0.496 e. The second-order valence-corrected chi connectivity index (χ2v) is 6.40. The number of halogens is 1. The van der Waals surface area contributed by atoms with Crippen molar-refractivity contribution in [3.05, 3.63) is 28.2 Å². The Morgan fingerprint density at radius 3 is 2.56 bits per heavy atom. The molecule has 0 spiro atoms. The van der Waals surface area contributed by atoms with E-state index in [9.17, 15) is 4.79 Å². The van der Waals surface area contributed by atoms with E-state index in [0.717, 1.165) is 28.6 Å². The normalized spacial score (nSPS) is 11.4. The molecule has 2 nitrogen and oxygen atoms in total. The van der Waals surface area contributed by atoms with Gasteiger partial charge in [0.1, 0.15) is 11.5 Å². The number of Topliss-reactive ketones (excluding diaryl/α,β-unsaturated/α-hetero) is 1. The lowest BCUT2D eigenvalue weighted by atomic mass is 9.87. The molecule has 0 saturated carbocycles. The Morgan fingerprint density at radius 2 is 2.00 bits per heavy atom. The number of ketones is 1. The van der Waals surface area contributed by atoms with E-state index in [0.29, 0.717) is 12.2 Å². The molecule has 0 heterocycles. The molecule has 0 radical (unpaired) electrons. The van der Waals surface area contributed by atoms with Gasteiger partial charge in [0.05, 0.1) is 7.11 Å². The van der Waals surface area contributed by atoms with E-state index in [1.165, 1.54) is 0 Å². The number of carbonyl (C=O) groups is 1. The lowest BCUT2D eigenvalue weighted by Crippen LogP contribution is -2.19. The maximum Gasteiger partial charge on any atom is 0.138 e. The summed E-state index contributed by atoms with van der Waals surface area (Å²) in [6.45, 7) is 5.90. The van der Waals surface area contributed by atoms with Crippen molar-refractivity contribution < 1.29 is 9.53 Å². The van der Waals surface area contributed by atoms with Gasteiger partial charge in [-0.05, 0) is 36.6 Å². The molecule has 100 valence electrons. The average Bonchev–Trinajstić information content (AvgIpc) is 2.28. The Labute approximate surface area is 118 Å². The third kappa shape index (κ3) is 4.45. The zero-order chi connectivity index (χ0) is 13.8. The molecule has 0 amide bonds. The molecule has 0 N–H and O–H groups in total. The van der Waals surface area contributed by atoms with E-state index in [-0.39, 0.29) is 5.41 Å². The van der Waals surface area contributed by atoms with Crippen molar-refractivity contribution in [1.29, 1.82) is 0 Å². The quantitative estimate of drug-likeness (QED) is 0.805. The van der Waals surface area contributed by atoms with E-state index in [2.05, 4.69) is 22.0 Å². The van der Waals surface area contributed by atoms with E-state index in [4.69, 9.17) is 4.74 Å². The van der Waals surface area contributed by atoms with Gasteiger partial charge in [-0.3, -0.25) is 4.79 Å². The van der Waals surface area contributed by atoms with Gasteiger partial charge >= 0.3 is 0 Å². The first-order valence-corrected chi connectivity index (χ1v) is 6.99. The number of rotatable bonds is 5. The van der Waals surface area contributed by atoms with Gasteiger partial charge in [-0.2, -0.15) is 0 Å². The van der Waals surface area contributed by atoms with Crippen LogP contribution >= 0.6 is 15.9 Å². The molecule has 0 saturated heterocycles. The van der Waals surface area contributed by atoms with Crippen LogP contribution in [-0.2, 0) is 11.2 Å². The lowest BCUT2D eigenvalue weighted by molar-refractivity contribution is -0.126. The monoisotopic (exact) mass is 312 g/mol. The highest BCUT2D eigenvalue weighted by Gasteiger charge is 2.20. The summed E-state index contributed by atoms with van der Waals surface area (Å²) in [5.74, 6) is 1.21. The van der Waals surface area contributed by atoms with Gasteiger partial charge in [0, 0.05) is 16.3 Å². The number of ether oxygens (including phenoxy) is 1. The molecule has 18 heavy (non-hydrogen) atoms. The summed E-state index contributed by atoms with van der Waals surface area (Å²) < 4.78 is 6.36. The van der Waals surface area contributed by atoms with Gasteiger partial charge in [-0.1, -0.05) is 36.7 Å². The van der Waals surface area contributed by atoms with E-state index in [1.54, 1.807) is 7.11 Å². The second-order valence-electron chi connectivity index (χ2n) is 5.48. The summed E-state index contributed by atoms with van der Waals surface area (Å²) in [4.78, 5) is 11.8. The predicted molar refractivity (Wildman–Crippen MR) is 78.1 cm³/mol. The molecule has 0 aromatic heterocycles. The molecule has 0 aliphatic rings. The Bertz CT molecular complexity index is 419. The molecular weight excluding hydrogens is 292 g/mol. The number of hydrogen-bond acceptors (Lipinski definition) is 2. The average molecular weight is 313 g/mol. The number of carbonyl (C=O) groups excluding carboxylic acids is 1. The van der Waals surface area contributed by atoms with Crippen LogP contribution in [0.25, 0.3) is 0 Å². The maximum absolute atomic E-state index is 11.8. The Balaban J connectivity index is 2.59. The highest BCUT2D eigenvalue weighted by molar-refractivity contribution is 9.10. The van der Waals surface area contributed by atoms with Gasteiger partial charge in [-0.25, -0.2) is 0 Å². The number of aryl methyl sites for hydroxylation is 1. The van der Waals surface area contributed by atoms with Gasteiger partial charge in [0.15, 0.2) is 0 Å². The maximum atomic E-state index is 11.8. The molecule has 0 fully saturated rings. The van der Waals surface area contributed by atoms with Crippen LogP contribution in [0.3, 0.4) is 0 Å². The minimum absolute atomic E-state index is 0.235. The van der Waals surface area contributed by atoms with Crippen molar-refractivity contribution in [2.24, 2.45) is 5.41 Å². The molecular formula is C15H21BrO2. The van der Waals surface area contributed by atoms with Crippen LogP contribution in [-0.4, -0.2) is 12.9 Å². The fourth-order valence-electron chi connectivity index (χ4n) is 1.76. The van der Waals surface area contributed by atoms with Crippen molar-refractivity contribution in [2.45, 2.75) is 40.0 Å². The Morgan fingerprint density at radius 1 is 1.33 bits per heavy atom. The first-order chi connectivity index (χ1) is 8.34. The van der Waals surface area contributed by atoms with Crippen molar-refractivity contribution in [3.63, 3.8) is 0 Å². The molecule has 0 bridgehead atoms. The lowest BCUT2D eigenvalue weighted by Gasteiger charge is -2.16. The standard InChI is InChI=1S/C15H21BrO2/c1-15(2,3)14(17)7-5-6-11-10-12(16)8-9-13(11)18-4/h8-10H,5-7H2,1-4H3. The van der Waals surface area contributed by atoms with Gasteiger partial charge < -0.3 is 4.74 Å². The number of methoxy groups -OCH3 is 1. The fourth-order valence-corrected chi connectivity index (χ4v) is 2.17. The summed E-state index contributed by atoms with van der Waals surface area (Å²) in [6, 6.07) is 5.97. The first-order valence-electron chi connectivity index (χ1n) is 6.20. The third-order valence-electron chi connectivity index (χ3n) is 2.93. The van der Waals surface area contributed by atoms with Crippen molar-refractivity contribution in [3.8, 4) is 5.75 Å². The summed E-state index contributed by atoms with van der Waals surface area (Å²) >= 11 is 3.46. The highest BCUT2D eigenvalue weighted by Crippen LogP contribution is 2.25. The Hall–Kier alpha value is -0.830. The zero-order valence-corrected chi connectivity index (χ0v) is 13.1. The van der Waals surface area contributed by atoms with Crippen LogP contribution in [0.1, 0.15) is 39.2 Å². The molecule has 0 atom stereocenters. The van der Waals surface area contributed by atoms with Crippen molar-refractivity contribution in [1.82, 2.24) is 0 Å². The van der Waals surface area contributed by atoms with Crippen LogP contribution in [0.15, 0.2) is 22.7 Å². The first kappa shape index (κ1) is 15.2. The van der Waals surface area contributed by atoms with Crippen LogP contribution in [0.2, 0.25) is 0 Å². The predicted octanol–water partition coefficient (Wildman–Crippen LogP) is 4.40. The minimum atomic E-state index is -0.235. The van der Waals surface area contributed by atoms with Crippen molar-refractivity contribution >= 4 is 21.7 Å². The van der Waals surface area contributed by atoms with E-state index < -0.39 is 0 Å². The second kappa shape index (κ2) is 6.37. The van der Waals surface area contributed by atoms with Crippen molar-refractivity contribution in [2.75, 3.05) is 7.11 Å². The smallest absolute Gasteiger partial charge is 0.138 e. The van der Waals surface area contributed by atoms with Crippen LogP contribution < -0.4 is 4.74 Å². The topological polar surface area (TPSA) is 26.3 Å². The van der Waals surface area contributed by atoms with E-state index >= 15 is 0 Å². The van der Waals surface area contributed by atoms with Gasteiger partial charge in [0.25, 0.3) is 0 Å². The molecule has 0 unspecified atom stereocenters. The highest BCUT2D eigenvalue weighted by atomic mass is 79.9. The number of hydrogen-bond donors (Lipinski definition) is 0. The molecule has 1 rings (SSSR count). The zero-order valence-electron chi connectivity index (χ0n) is 11.5. The number of benzene rings is 1. The summed E-state index contributed by atoms with van der Waals surface area (Å²) in [6.07, 6.45) is 2.35. The SMILES string of the molecule is COc1ccc(Br)cc1CCCC(=O)C(C)(C)C. The fraction of sp³-hybridized carbons (Fsp3) is 0.533. The molecule has 0 aliphatic carbocycles. The van der Waals surface area contributed by atoms with Gasteiger partial charge in [-0.15, -0.1) is 0 Å². The summed E-state index contributed by atoms with van der Waals surface area (Å²) in [5, 5.41) is 0. The third-order valence-corrected chi connectivity index (χ3v) is 3.42. The minimum Gasteiger partial charge on any atom is -0.496 e. The summed E-state index contributed by atoms with van der Waals surface area (Å²) in [7, 11) is 1.67. The Kier molecular flexibility index (Phi) is 5.39. The van der Waals surface area contributed by atoms with E-state index in [1.807, 2.05) is 32.9 Å². The molecule has 1 aromatic carbocycles. The van der Waals surface area contributed by atoms with Crippen LogP contribution in [0.5, 0.6) is 5.75 Å². The molecule has 0 aliphatic heterocycles. The summed E-state index contributed by atoms with van der Waals surface area (Å²) in [5.41, 5.74) is 0.912. The van der Waals surface area contributed by atoms with Crippen LogP contribution in [0, 0.1) is 5.41 Å². The van der Waals surface area contributed by atoms with Gasteiger partial charge in [0.2, 0.25) is 0 Å².